The summed E-state index contributed by atoms with van der Waals surface area (Å²) in [5.41, 5.74) is 3.35. The molecule has 1 aliphatic heterocycles. The van der Waals surface area contributed by atoms with Gasteiger partial charge >= 0.3 is 0 Å². The van der Waals surface area contributed by atoms with Crippen LogP contribution < -0.4 is 5.43 Å². The lowest BCUT2D eigenvalue weighted by molar-refractivity contribution is 0.253. The number of thioether (sulfide) groups is 1. The van der Waals surface area contributed by atoms with Crippen LogP contribution in [0, 0.1) is 0 Å². The van der Waals surface area contributed by atoms with E-state index in [1.807, 2.05) is 30.9 Å². The van der Waals surface area contributed by atoms with E-state index in [4.69, 9.17) is 0 Å². The van der Waals surface area contributed by atoms with Crippen molar-refractivity contribution in [3.63, 3.8) is 0 Å². The molecule has 1 rings (SSSR count). The Balaban J connectivity index is 2.11. The van der Waals surface area contributed by atoms with Crippen LogP contribution in [-0.2, 0) is 0 Å². The zero-order valence-electron chi connectivity index (χ0n) is 6.05. The van der Waals surface area contributed by atoms with Crippen LogP contribution in [-0.4, -0.2) is 36.7 Å². The molecule has 3 heteroatoms. The molecule has 54 valence electrons. The Morgan fingerprint density at radius 2 is 2.33 bits per heavy atom. The van der Waals surface area contributed by atoms with Crippen molar-refractivity contribution in [2.75, 3.05) is 25.6 Å². The third kappa shape index (κ3) is 2.56. The smallest absolute Gasteiger partial charge is 0.0313 e. The van der Waals surface area contributed by atoms with Gasteiger partial charge in [0.05, 0.1) is 0 Å². The fraction of sp³-hybridized carbons (Fsp3) is 1.00. The number of nitrogens with one attached hydrogen (secondary N) is 1. The summed E-state index contributed by atoms with van der Waals surface area (Å²) in [4.78, 5) is 0. The molecular weight excluding hydrogens is 132 g/mol. The van der Waals surface area contributed by atoms with E-state index in [9.17, 15) is 0 Å². The lowest BCUT2D eigenvalue weighted by atomic mass is 10.3. The maximum atomic E-state index is 3.35. The highest BCUT2D eigenvalue weighted by molar-refractivity contribution is 7.99. The molecule has 1 atom stereocenters. The molecule has 1 aliphatic rings. The molecule has 0 amide bonds. The number of hydrazine groups is 1. The monoisotopic (exact) mass is 146 g/mol. The van der Waals surface area contributed by atoms with Gasteiger partial charge in [0, 0.05) is 25.9 Å². The van der Waals surface area contributed by atoms with Crippen molar-refractivity contribution in [2.24, 2.45) is 0 Å². The molecule has 1 unspecified atom stereocenters. The summed E-state index contributed by atoms with van der Waals surface area (Å²) in [7, 11) is 4.09. The fourth-order valence-corrected chi connectivity index (χ4v) is 2.15. The van der Waals surface area contributed by atoms with Crippen molar-refractivity contribution in [1.82, 2.24) is 10.4 Å². The van der Waals surface area contributed by atoms with Gasteiger partial charge in [-0.25, -0.2) is 0 Å². The third-order valence-corrected chi connectivity index (χ3v) is 2.53. The van der Waals surface area contributed by atoms with E-state index in [0.717, 1.165) is 6.04 Å². The highest BCUT2D eigenvalue weighted by atomic mass is 32.2. The van der Waals surface area contributed by atoms with Gasteiger partial charge in [0.25, 0.3) is 0 Å². The minimum Gasteiger partial charge on any atom is -0.252 e. The molecular formula is C6H14N2S. The highest BCUT2D eigenvalue weighted by Gasteiger charge is 2.14. The van der Waals surface area contributed by atoms with Gasteiger partial charge in [0.1, 0.15) is 0 Å². The molecule has 0 aromatic rings. The highest BCUT2D eigenvalue weighted by Crippen LogP contribution is 2.16. The van der Waals surface area contributed by atoms with Crippen molar-refractivity contribution >= 4 is 11.8 Å². The summed E-state index contributed by atoms with van der Waals surface area (Å²) in [5.74, 6) is 2.60. The number of rotatable bonds is 2. The van der Waals surface area contributed by atoms with Gasteiger partial charge in [0.2, 0.25) is 0 Å². The van der Waals surface area contributed by atoms with Crippen LogP contribution in [0.15, 0.2) is 0 Å². The molecule has 2 nitrogen and oxygen atoms in total. The van der Waals surface area contributed by atoms with Crippen LogP contribution >= 0.6 is 11.8 Å². The van der Waals surface area contributed by atoms with Crippen molar-refractivity contribution in [3.8, 4) is 0 Å². The van der Waals surface area contributed by atoms with Gasteiger partial charge < -0.3 is 0 Å². The zero-order chi connectivity index (χ0) is 6.69. The SMILES string of the molecule is CN(C)NC1CCSC1. The lowest BCUT2D eigenvalue weighted by Gasteiger charge is -2.16. The topological polar surface area (TPSA) is 15.3 Å². The van der Waals surface area contributed by atoms with Crippen molar-refractivity contribution in [2.45, 2.75) is 12.5 Å². The standard InChI is InChI=1S/C6H14N2S/c1-8(2)7-6-3-4-9-5-6/h6-7H,3-5H2,1-2H3. The van der Waals surface area contributed by atoms with Crippen LogP contribution in [0.4, 0.5) is 0 Å². The van der Waals surface area contributed by atoms with Crippen molar-refractivity contribution < 1.29 is 0 Å². The molecule has 0 bridgehead atoms. The second-order valence-electron chi connectivity index (χ2n) is 2.58. The first-order valence-corrected chi connectivity index (χ1v) is 4.46. The van der Waals surface area contributed by atoms with Gasteiger partial charge in [0.15, 0.2) is 0 Å². The van der Waals surface area contributed by atoms with Gasteiger partial charge in [-0.1, -0.05) is 0 Å². The zero-order valence-corrected chi connectivity index (χ0v) is 6.87. The molecule has 1 N–H and O–H groups in total. The molecule has 0 aromatic carbocycles. The Morgan fingerprint density at radius 3 is 2.78 bits per heavy atom. The maximum absolute atomic E-state index is 3.35. The molecule has 0 aromatic heterocycles. The molecule has 0 radical (unpaired) electrons. The number of hydrogen-bond acceptors (Lipinski definition) is 3. The molecule has 0 spiro atoms. The van der Waals surface area contributed by atoms with E-state index in [-0.39, 0.29) is 0 Å². The molecule has 0 aliphatic carbocycles. The van der Waals surface area contributed by atoms with Crippen molar-refractivity contribution in [1.29, 1.82) is 0 Å². The largest absolute Gasteiger partial charge is 0.252 e. The summed E-state index contributed by atoms with van der Waals surface area (Å²) in [6, 6.07) is 0.727. The van der Waals surface area contributed by atoms with E-state index < -0.39 is 0 Å². The fourth-order valence-electron chi connectivity index (χ4n) is 1.00. The second-order valence-corrected chi connectivity index (χ2v) is 3.73. The Hall–Kier alpha value is 0.270. The minimum atomic E-state index is 0.727. The Morgan fingerprint density at radius 1 is 1.56 bits per heavy atom. The Bertz CT molecular complexity index is 79.1. The van der Waals surface area contributed by atoms with E-state index >= 15 is 0 Å². The van der Waals surface area contributed by atoms with Gasteiger partial charge in [-0.15, -0.1) is 0 Å². The third-order valence-electron chi connectivity index (χ3n) is 1.37. The predicted octanol–water partition coefficient (Wildman–Crippen LogP) is 0.558. The normalized spacial score (nSPS) is 27.7. The maximum Gasteiger partial charge on any atom is 0.0313 e. The van der Waals surface area contributed by atoms with Crippen LogP contribution in [0.25, 0.3) is 0 Å². The summed E-state index contributed by atoms with van der Waals surface area (Å²) in [6.07, 6.45) is 1.32. The van der Waals surface area contributed by atoms with Crippen LogP contribution in [0.5, 0.6) is 0 Å². The first kappa shape index (κ1) is 7.38. The first-order valence-electron chi connectivity index (χ1n) is 3.30. The van der Waals surface area contributed by atoms with Gasteiger partial charge in [-0.05, 0) is 12.2 Å². The summed E-state index contributed by atoms with van der Waals surface area (Å²) in [6.45, 7) is 0. The summed E-state index contributed by atoms with van der Waals surface area (Å²) >= 11 is 2.03. The molecule has 1 saturated heterocycles. The lowest BCUT2D eigenvalue weighted by Crippen LogP contribution is -2.39. The second kappa shape index (κ2) is 3.44. The van der Waals surface area contributed by atoms with E-state index in [0.29, 0.717) is 0 Å². The summed E-state index contributed by atoms with van der Waals surface area (Å²) in [5, 5.41) is 2.04. The molecule has 9 heavy (non-hydrogen) atoms. The summed E-state index contributed by atoms with van der Waals surface area (Å²) < 4.78 is 0. The van der Waals surface area contributed by atoms with Crippen LogP contribution in [0.3, 0.4) is 0 Å². The average Bonchev–Trinajstić information content (AvgIpc) is 2.15. The van der Waals surface area contributed by atoms with E-state index in [2.05, 4.69) is 5.43 Å². The quantitative estimate of drug-likeness (QED) is 0.573. The number of nitrogens with zero attached hydrogens (tertiary/aromatic N) is 1. The van der Waals surface area contributed by atoms with Crippen LogP contribution in [0.2, 0.25) is 0 Å². The van der Waals surface area contributed by atoms with Gasteiger partial charge in [-0.2, -0.15) is 11.8 Å². The molecule has 1 heterocycles. The van der Waals surface area contributed by atoms with Gasteiger partial charge in [-0.3, -0.25) is 10.4 Å². The average molecular weight is 146 g/mol. The van der Waals surface area contributed by atoms with E-state index in [1.54, 1.807) is 0 Å². The Labute approximate surface area is 61.0 Å². The molecule has 1 fully saturated rings. The Kier molecular flexibility index (Phi) is 2.82. The minimum absolute atomic E-state index is 0.727. The van der Waals surface area contributed by atoms with Crippen molar-refractivity contribution in [3.05, 3.63) is 0 Å². The predicted molar refractivity (Wildman–Crippen MR) is 42.6 cm³/mol. The first-order chi connectivity index (χ1) is 4.29. The molecule has 0 saturated carbocycles. The van der Waals surface area contributed by atoms with E-state index in [1.165, 1.54) is 17.9 Å². The number of hydrogen-bond donors (Lipinski definition) is 1. The van der Waals surface area contributed by atoms with Crippen LogP contribution in [0.1, 0.15) is 6.42 Å².